The Kier molecular flexibility index (Phi) is 6.68. The van der Waals surface area contributed by atoms with Gasteiger partial charge in [-0.25, -0.2) is 0 Å². The zero-order valence-corrected chi connectivity index (χ0v) is 19.2. The maximum Gasteiger partial charge on any atom is 0.259 e. The van der Waals surface area contributed by atoms with Crippen LogP contribution in [0.25, 0.3) is 11.1 Å². The molecular formula is C26H25N5O3. The lowest BCUT2D eigenvalue weighted by molar-refractivity contribution is 0.0827. The third kappa shape index (κ3) is 5.12. The largest absolute Gasteiger partial charge is 0.488 e. The van der Waals surface area contributed by atoms with Crippen LogP contribution in [0.2, 0.25) is 0 Å². The van der Waals surface area contributed by atoms with Gasteiger partial charge in [0.1, 0.15) is 12.4 Å². The first-order valence-corrected chi connectivity index (χ1v) is 10.7. The van der Waals surface area contributed by atoms with Crippen LogP contribution in [0.4, 0.5) is 5.69 Å². The molecule has 2 aromatic heterocycles. The van der Waals surface area contributed by atoms with Crippen molar-refractivity contribution in [2.24, 2.45) is 7.05 Å². The molecule has 0 fully saturated rings. The first-order valence-electron chi connectivity index (χ1n) is 10.7. The van der Waals surface area contributed by atoms with Crippen molar-refractivity contribution in [1.82, 2.24) is 19.7 Å². The Hall–Kier alpha value is -4.46. The molecule has 0 saturated carbocycles. The minimum atomic E-state index is -0.370. The van der Waals surface area contributed by atoms with Gasteiger partial charge < -0.3 is 15.0 Å². The predicted octanol–water partition coefficient (Wildman–Crippen LogP) is 4.02. The van der Waals surface area contributed by atoms with Gasteiger partial charge in [-0.2, -0.15) is 5.10 Å². The van der Waals surface area contributed by atoms with Gasteiger partial charge in [0, 0.05) is 39.1 Å². The van der Waals surface area contributed by atoms with Gasteiger partial charge in [-0.1, -0.05) is 30.3 Å². The summed E-state index contributed by atoms with van der Waals surface area (Å²) in [5.41, 5.74) is 3.52. The van der Waals surface area contributed by atoms with E-state index >= 15 is 0 Å². The van der Waals surface area contributed by atoms with Crippen LogP contribution in [0.15, 0.2) is 79.4 Å². The molecule has 2 amide bonds. The highest BCUT2D eigenvalue weighted by molar-refractivity contribution is 6.09. The average molecular weight is 456 g/mol. The number of carbonyl (C=O) groups excluding carboxylic acids is 2. The summed E-state index contributed by atoms with van der Waals surface area (Å²) >= 11 is 0. The van der Waals surface area contributed by atoms with Gasteiger partial charge in [0.2, 0.25) is 0 Å². The maximum atomic E-state index is 13.3. The molecule has 2 aromatic carbocycles. The zero-order valence-electron chi connectivity index (χ0n) is 19.2. The van der Waals surface area contributed by atoms with E-state index in [2.05, 4.69) is 15.4 Å². The molecule has 2 heterocycles. The summed E-state index contributed by atoms with van der Waals surface area (Å²) in [6.07, 6.45) is 6.66. The molecule has 0 unspecified atom stereocenters. The molecule has 0 atom stereocenters. The highest BCUT2D eigenvalue weighted by atomic mass is 16.5. The Balaban J connectivity index is 1.81. The number of anilines is 1. The summed E-state index contributed by atoms with van der Waals surface area (Å²) in [4.78, 5) is 31.9. The molecule has 4 aromatic rings. The molecule has 1 N–H and O–H groups in total. The van der Waals surface area contributed by atoms with E-state index in [1.165, 1.54) is 4.90 Å². The third-order valence-corrected chi connectivity index (χ3v) is 5.17. The van der Waals surface area contributed by atoms with Crippen LogP contribution in [0.3, 0.4) is 0 Å². The second-order valence-electron chi connectivity index (χ2n) is 7.97. The molecule has 0 aliphatic rings. The third-order valence-electron chi connectivity index (χ3n) is 5.17. The average Bonchev–Trinajstić information content (AvgIpc) is 3.29. The molecule has 0 aliphatic carbocycles. The Morgan fingerprint density at radius 2 is 1.82 bits per heavy atom. The van der Waals surface area contributed by atoms with Crippen LogP contribution in [-0.4, -0.2) is 45.6 Å². The number of hydrogen-bond donors (Lipinski definition) is 1. The van der Waals surface area contributed by atoms with Gasteiger partial charge in [-0.3, -0.25) is 19.3 Å². The van der Waals surface area contributed by atoms with Gasteiger partial charge in [-0.05, 0) is 35.4 Å². The number of rotatable bonds is 7. The van der Waals surface area contributed by atoms with Crippen LogP contribution in [0.5, 0.6) is 5.75 Å². The maximum absolute atomic E-state index is 13.3. The normalized spacial score (nSPS) is 10.6. The Bertz CT molecular complexity index is 1300. The van der Waals surface area contributed by atoms with Crippen molar-refractivity contribution in [3.8, 4) is 16.9 Å². The van der Waals surface area contributed by atoms with Crippen LogP contribution < -0.4 is 10.1 Å². The SMILES string of the molecule is CN(C)C(=O)c1cc(OCc2ccccc2)c(C(=O)Nc2cccnc2)cc1-c1cnn(C)c1. The molecule has 172 valence electrons. The summed E-state index contributed by atoms with van der Waals surface area (Å²) in [5.74, 6) is -0.268. The molecule has 0 bridgehead atoms. The van der Waals surface area contributed by atoms with Crippen molar-refractivity contribution < 1.29 is 14.3 Å². The number of aromatic nitrogens is 3. The number of pyridine rings is 1. The van der Waals surface area contributed by atoms with E-state index in [9.17, 15) is 9.59 Å². The molecule has 34 heavy (non-hydrogen) atoms. The smallest absolute Gasteiger partial charge is 0.259 e. The summed E-state index contributed by atoms with van der Waals surface area (Å²) in [5, 5.41) is 7.09. The number of nitrogens with one attached hydrogen (secondary N) is 1. The Labute approximate surface area is 197 Å². The number of aryl methyl sites for hydroxylation is 1. The van der Waals surface area contributed by atoms with E-state index < -0.39 is 0 Å². The summed E-state index contributed by atoms with van der Waals surface area (Å²) in [7, 11) is 5.16. The van der Waals surface area contributed by atoms with E-state index in [4.69, 9.17) is 4.74 Å². The molecule has 8 heteroatoms. The molecular weight excluding hydrogens is 430 g/mol. The van der Waals surface area contributed by atoms with Crippen LogP contribution in [0, 0.1) is 0 Å². The van der Waals surface area contributed by atoms with E-state index in [1.54, 1.807) is 74.9 Å². The first-order chi connectivity index (χ1) is 16.4. The minimum Gasteiger partial charge on any atom is -0.488 e. The number of ether oxygens (including phenoxy) is 1. The molecule has 0 spiro atoms. The fourth-order valence-electron chi connectivity index (χ4n) is 3.46. The lowest BCUT2D eigenvalue weighted by Gasteiger charge is -2.18. The summed E-state index contributed by atoms with van der Waals surface area (Å²) < 4.78 is 7.73. The van der Waals surface area contributed by atoms with Gasteiger partial charge >= 0.3 is 0 Å². The lowest BCUT2D eigenvalue weighted by Crippen LogP contribution is -2.23. The Morgan fingerprint density at radius 1 is 1.03 bits per heavy atom. The van der Waals surface area contributed by atoms with Gasteiger partial charge in [0.15, 0.2) is 0 Å². The van der Waals surface area contributed by atoms with E-state index in [0.717, 1.165) is 11.1 Å². The van der Waals surface area contributed by atoms with Crippen molar-refractivity contribution >= 4 is 17.5 Å². The second-order valence-corrected chi connectivity index (χ2v) is 7.97. The van der Waals surface area contributed by atoms with Crippen molar-refractivity contribution in [1.29, 1.82) is 0 Å². The molecule has 0 radical (unpaired) electrons. The van der Waals surface area contributed by atoms with Crippen LogP contribution in [0.1, 0.15) is 26.3 Å². The lowest BCUT2D eigenvalue weighted by atomic mass is 9.97. The molecule has 0 saturated heterocycles. The van der Waals surface area contributed by atoms with Crippen LogP contribution >= 0.6 is 0 Å². The van der Waals surface area contributed by atoms with E-state index in [1.807, 2.05) is 30.3 Å². The monoisotopic (exact) mass is 455 g/mol. The second kappa shape index (κ2) is 9.99. The molecule has 8 nitrogen and oxygen atoms in total. The number of amides is 2. The van der Waals surface area contributed by atoms with Crippen molar-refractivity contribution in [2.45, 2.75) is 6.61 Å². The number of hydrogen-bond acceptors (Lipinski definition) is 5. The van der Waals surface area contributed by atoms with Crippen LogP contribution in [-0.2, 0) is 13.7 Å². The highest BCUT2D eigenvalue weighted by Gasteiger charge is 2.23. The van der Waals surface area contributed by atoms with Gasteiger partial charge in [-0.15, -0.1) is 0 Å². The van der Waals surface area contributed by atoms with Crippen molar-refractivity contribution in [3.05, 3.63) is 96.1 Å². The topological polar surface area (TPSA) is 89.3 Å². The molecule has 0 aliphatic heterocycles. The summed E-state index contributed by atoms with van der Waals surface area (Å²) in [6.45, 7) is 0.246. The number of benzene rings is 2. The fraction of sp³-hybridized carbons (Fsp3) is 0.154. The zero-order chi connectivity index (χ0) is 24.1. The Morgan fingerprint density at radius 3 is 2.47 bits per heavy atom. The van der Waals surface area contributed by atoms with Crippen molar-refractivity contribution in [3.63, 3.8) is 0 Å². The minimum absolute atomic E-state index is 0.206. The summed E-state index contributed by atoms with van der Waals surface area (Å²) in [6, 6.07) is 16.4. The van der Waals surface area contributed by atoms with Crippen molar-refractivity contribution in [2.75, 3.05) is 19.4 Å². The number of carbonyl (C=O) groups is 2. The highest BCUT2D eigenvalue weighted by Crippen LogP contribution is 2.33. The first kappa shape index (κ1) is 22.7. The molecule has 4 rings (SSSR count). The standard InChI is InChI=1S/C26H25N5O3/c1-30(2)26(33)22-13-24(34-17-18-8-5-4-6-9-18)23(12-21(22)19-14-28-31(3)16-19)25(32)29-20-10-7-11-27-15-20/h4-16H,17H2,1-3H3,(H,29,32). The van der Waals surface area contributed by atoms with E-state index in [-0.39, 0.29) is 18.4 Å². The quantitative estimate of drug-likeness (QED) is 0.455. The predicted molar refractivity (Wildman–Crippen MR) is 130 cm³/mol. The number of nitrogens with zero attached hydrogens (tertiary/aromatic N) is 4. The fourth-order valence-corrected chi connectivity index (χ4v) is 3.46. The van der Waals surface area contributed by atoms with Gasteiger partial charge in [0.25, 0.3) is 11.8 Å². The van der Waals surface area contributed by atoms with E-state index in [0.29, 0.717) is 28.1 Å². The van der Waals surface area contributed by atoms with Gasteiger partial charge in [0.05, 0.1) is 29.2 Å².